The van der Waals surface area contributed by atoms with E-state index in [1.54, 1.807) is 18.0 Å². The fourth-order valence-corrected chi connectivity index (χ4v) is 4.04. The van der Waals surface area contributed by atoms with E-state index in [-0.39, 0.29) is 17.4 Å². The summed E-state index contributed by atoms with van der Waals surface area (Å²) in [5.74, 6) is 0.202. The number of hydrogen-bond acceptors (Lipinski definition) is 4. The van der Waals surface area contributed by atoms with Gasteiger partial charge < -0.3 is 19.9 Å². The Balaban J connectivity index is 1.52. The molecule has 144 valence electrons. The van der Waals surface area contributed by atoms with Crippen LogP contribution >= 0.6 is 0 Å². The maximum atomic E-state index is 12.6. The van der Waals surface area contributed by atoms with E-state index in [1.807, 2.05) is 22.1 Å². The number of carbonyl (C=O) groups is 2. The number of aromatic nitrogens is 2. The Kier molecular flexibility index (Phi) is 6.13. The molecule has 0 saturated carbocycles. The lowest BCUT2D eigenvalue weighted by Gasteiger charge is -2.48. The molecule has 26 heavy (non-hydrogen) atoms. The third-order valence-electron chi connectivity index (χ3n) is 5.44. The fraction of sp³-hybridized carbons (Fsp3) is 0.722. The summed E-state index contributed by atoms with van der Waals surface area (Å²) in [6, 6.07) is 1.85. The predicted octanol–water partition coefficient (Wildman–Crippen LogP) is 0.944. The molecule has 8 nitrogen and oxygen atoms in total. The van der Waals surface area contributed by atoms with Gasteiger partial charge in [0.25, 0.3) is 0 Å². The van der Waals surface area contributed by atoms with Crippen molar-refractivity contribution in [1.29, 1.82) is 0 Å². The molecule has 0 aliphatic carbocycles. The summed E-state index contributed by atoms with van der Waals surface area (Å²) >= 11 is 0. The van der Waals surface area contributed by atoms with Crippen LogP contribution in [-0.2, 0) is 16.1 Å². The Bertz CT molecular complexity index is 606. The van der Waals surface area contributed by atoms with Crippen LogP contribution in [0.25, 0.3) is 0 Å². The van der Waals surface area contributed by atoms with Gasteiger partial charge >= 0.3 is 6.03 Å². The molecule has 1 N–H and O–H groups in total. The molecule has 2 saturated heterocycles. The zero-order valence-electron chi connectivity index (χ0n) is 15.5. The molecule has 2 aliphatic rings. The van der Waals surface area contributed by atoms with Crippen molar-refractivity contribution in [3.05, 3.63) is 18.5 Å². The highest BCUT2D eigenvalue weighted by Crippen LogP contribution is 2.38. The zero-order chi connectivity index (χ0) is 18.4. The topological polar surface area (TPSA) is 79.7 Å². The molecule has 0 radical (unpaired) electrons. The van der Waals surface area contributed by atoms with Crippen LogP contribution in [0.1, 0.15) is 25.7 Å². The molecule has 0 aromatic carbocycles. The average Bonchev–Trinajstić information content (AvgIpc) is 3.16. The molecule has 1 unspecified atom stereocenters. The lowest BCUT2D eigenvalue weighted by molar-refractivity contribution is -0.139. The zero-order valence-corrected chi connectivity index (χ0v) is 15.5. The van der Waals surface area contributed by atoms with Crippen LogP contribution in [-0.4, -0.2) is 78.0 Å². The number of rotatable bonds is 6. The fourth-order valence-electron chi connectivity index (χ4n) is 4.04. The van der Waals surface area contributed by atoms with Crippen molar-refractivity contribution in [3.8, 4) is 0 Å². The predicted molar refractivity (Wildman–Crippen MR) is 96.6 cm³/mol. The van der Waals surface area contributed by atoms with Crippen LogP contribution in [0.3, 0.4) is 0 Å². The van der Waals surface area contributed by atoms with Crippen LogP contribution in [0.5, 0.6) is 0 Å². The molecule has 3 amide bonds. The normalized spacial score (nSPS) is 23.5. The van der Waals surface area contributed by atoms with E-state index in [0.717, 1.165) is 38.9 Å². The lowest BCUT2D eigenvalue weighted by atomic mass is 9.73. The molecule has 1 aromatic rings. The van der Waals surface area contributed by atoms with Gasteiger partial charge in [-0.25, -0.2) is 4.79 Å². The van der Waals surface area contributed by atoms with E-state index in [0.29, 0.717) is 32.7 Å². The summed E-state index contributed by atoms with van der Waals surface area (Å²) in [6.07, 6.45) is 7.11. The van der Waals surface area contributed by atoms with Crippen LogP contribution in [0.4, 0.5) is 4.79 Å². The monoisotopic (exact) mass is 363 g/mol. The maximum absolute atomic E-state index is 12.6. The van der Waals surface area contributed by atoms with Gasteiger partial charge in [-0.3, -0.25) is 9.48 Å². The lowest BCUT2D eigenvalue weighted by Crippen LogP contribution is -2.57. The van der Waals surface area contributed by atoms with Crippen molar-refractivity contribution in [1.82, 2.24) is 24.9 Å². The minimum absolute atomic E-state index is 0.0171. The summed E-state index contributed by atoms with van der Waals surface area (Å²) in [6.45, 7) is 4.64. The van der Waals surface area contributed by atoms with Crippen molar-refractivity contribution in [2.45, 2.75) is 32.2 Å². The first-order valence-corrected chi connectivity index (χ1v) is 9.39. The number of ether oxygens (including phenoxy) is 1. The third-order valence-corrected chi connectivity index (χ3v) is 5.44. The highest BCUT2D eigenvalue weighted by molar-refractivity contribution is 5.77. The van der Waals surface area contributed by atoms with Gasteiger partial charge in [0, 0.05) is 64.1 Å². The van der Waals surface area contributed by atoms with Crippen LogP contribution < -0.4 is 5.32 Å². The van der Waals surface area contributed by atoms with E-state index >= 15 is 0 Å². The average molecular weight is 363 g/mol. The van der Waals surface area contributed by atoms with Crippen molar-refractivity contribution in [3.63, 3.8) is 0 Å². The minimum atomic E-state index is -0.0171. The van der Waals surface area contributed by atoms with Gasteiger partial charge in [0.05, 0.1) is 13.2 Å². The summed E-state index contributed by atoms with van der Waals surface area (Å²) in [5.41, 5.74) is 0.0270. The Morgan fingerprint density at radius 2 is 2.23 bits per heavy atom. The summed E-state index contributed by atoms with van der Waals surface area (Å²) in [7, 11) is 1.65. The van der Waals surface area contributed by atoms with Crippen LogP contribution in [0.15, 0.2) is 18.5 Å². The highest BCUT2D eigenvalue weighted by atomic mass is 16.5. The molecule has 0 bridgehead atoms. The van der Waals surface area contributed by atoms with Gasteiger partial charge in [0.1, 0.15) is 0 Å². The largest absolute Gasteiger partial charge is 0.383 e. The quantitative estimate of drug-likeness (QED) is 0.816. The van der Waals surface area contributed by atoms with E-state index in [9.17, 15) is 9.59 Å². The highest BCUT2D eigenvalue weighted by Gasteiger charge is 2.42. The molecule has 2 fully saturated rings. The van der Waals surface area contributed by atoms with Gasteiger partial charge in [-0.2, -0.15) is 5.10 Å². The van der Waals surface area contributed by atoms with E-state index in [1.165, 1.54) is 0 Å². The minimum Gasteiger partial charge on any atom is -0.383 e. The smallest absolute Gasteiger partial charge is 0.317 e. The Morgan fingerprint density at radius 1 is 1.35 bits per heavy atom. The molecular weight excluding hydrogens is 334 g/mol. The van der Waals surface area contributed by atoms with E-state index in [2.05, 4.69) is 10.4 Å². The van der Waals surface area contributed by atoms with Crippen molar-refractivity contribution in [2.24, 2.45) is 5.41 Å². The number of urea groups is 1. The first kappa shape index (κ1) is 18.7. The number of piperidine rings is 2. The second kappa shape index (κ2) is 8.53. The van der Waals surface area contributed by atoms with Gasteiger partial charge in [0.15, 0.2) is 0 Å². The first-order chi connectivity index (χ1) is 12.6. The van der Waals surface area contributed by atoms with Gasteiger partial charge in [-0.1, -0.05) is 0 Å². The molecule has 3 rings (SSSR count). The SMILES string of the molecule is COCCN1CC2(CCCN(C(=O)NCCn3cccn3)C2)CCC1=O. The molecule has 3 heterocycles. The molecule has 1 atom stereocenters. The molecule has 1 spiro atoms. The Morgan fingerprint density at radius 3 is 3.00 bits per heavy atom. The van der Waals surface area contributed by atoms with Gasteiger partial charge in [-0.05, 0) is 25.3 Å². The van der Waals surface area contributed by atoms with Crippen molar-refractivity contribution >= 4 is 11.9 Å². The Hall–Kier alpha value is -2.09. The number of nitrogens with one attached hydrogen (secondary N) is 1. The third kappa shape index (κ3) is 4.55. The Labute approximate surface area is 154 Å². The van der Waals surface area contributed by atoms with E-state index < -0.39 is 0 Å². The number of methoxy groups -OCH3 is 1. The second-order valence-corrected chi connectivity index (χ2v) is 7.33. The second-order valence-electron chi connectivity index (χ2n) is 7.33. The van der Waals surface area contributed by atoms with Gasteiger partial charge in [-0.15, -0.1) is 0 Å². The molecular formula is C18H29N5O3. The van der Waals surface area contributed by atoms with Crippen LogP contribution in [0, 0.1) is 5.41 Å². The van der Waals surface area contributed by atoms with Crippen LogP contribution in [0.2, 0.25) is 0 Å². The number of amides is 3. The number of nitrogens with zero attached hydrogens (tertiary/aromatic N) is 4. The van der Waals surface area contributed by atoms with Crippen molar-refractivity contribution in [2.75, 3.05) is 46.4 Å². The molecule has 1 aromatic heterocycles. The number of carbonyl (C=O) groups excluding carboxylic acids is 2. The first-order valence-electron chi connectivity index (χ1n) is 9.39. The number of hydrogen-bond donors (Lipinski definition) is 1. The summed E-state index contributed by atoms with van der Waals surface area (Å²) < 4.78 is 6.93. The van der Waals surface area contributed by atoms with Crippen molar-refractivity contribution < 1.29 is 14.3 Å². The number of likely N-dealkylation sites (tertiary alicyclic amines) is 2. The summed E-state index contributed by atoms with van der Waals surface area (Å²) in [5, 5.41) is 7.13. The van der Waals surface area contributed by atoms with E-state index in [4.69, 9.17) is 4.74 Å². The standard InChI is InChI=1S/C18H29N5O3/c1-26-13-12-21-14-18(6-4-16(21)24)5-2-9-22(15-18)17(25)19-8-11-23-10-3-7-20-23/h3,7,10H,2,4-6,8-9,11-15H2,1H3,(H,19,25). The molecule has 8 heteroatoms. The summed E-state index contributed by atoms with van der Waals surface area (Å²) in [4.78, 5) is 28.5. The van der Waals surface area contributed by atoms with Gasteiger partial charge in [0.2, 0.25) is 5.91 Å². The maximum Gasteiger partial charge on any atom is 0.317 e. The molecule has 2 aliphatic heterocycles.